The molecule has 1 atom stereocenters. The van der Waals surface area contributed by atoms with Gasteiger partial charge < -0.3 is 10.6 Å². The molecule has 19 heavy (non-hydrogen) atoms. The lowest BCUT2D eigenvalue weighted by Gasteiger charge is -2.30. The Hall–Kier alpha value is -1.32. The molecule has 0 amide bonds. The molecule has 0 aliphatic carbocycles. The molecule has 1 aliphatic heterocycles. The summed E-state index contributed by atoms with van der Waals surface area (Å²) in [6.07, 6.45) is 4.45. The molecule has 0 saturated carbocycles. The fraction of sp³-hybridized carbons (Fsp3) is 0.733. The van der Waals surface area contributed by atoms with Crippen LogP contribution in [0.3, 0.4) is 0 Å². The van der Waals surface area contributed by atoms with Crippen molar-refractivity contribution in [3.63, 3.8) is 0 Å². The second-order valence-corrected chi connectivity index (χ2v) is 5.87. The van der Waals surface area contributed by atoms with Crippen molar-refractivity contribution in [1.82, 2.24) is 9.97 Å². The van der Waals surface area contributed by atoms with Gasteiger partial charge in [-0.1, -0.05) is 20.8 Å². The largest absolute Gasteiger partial charge is 0.383 e. The van der Waals surface area contributed by atoms with E-state index in [-0.39, 0.29) is 0 Å². The molecular weight excluding hydrogens is 236 g/mol. The van der Waals surface area contributed by atoms with Gasteiger partial charge in [0.1, 0.15) is 17.5 Å². The first-order valence-electron chi connectivity index (χ1n) is 7.44. The molecule has 1 fully saturated rings. The van der Waals surface area contributed by atoms with Crippen molar-refractivity contribution in [3.05, 3.63) is 11.4 Å². The lowest BCUT2D eigenvalue weighted by atomic mass is 10.0. The van der Waals surface area contributed by atoms with E-state index in [9.17, 15) is 0 Å². The number of rotatable bonds is 4. The van der Waals surface area contributed by atoms with Gasteiger partial charge >= 0.3 is 0 Å². The van der Waals surface area contributed by atoms with Gasteiger partial charge in [0.05, 0.1) is 0 Å². The minimum atomic E-state index is 0.586. The first-order valence-corrected chi connectivity index (χ1v) is 7.44. The highest BCUT2D eigenvalue weighted by molar-refractivity contribution is 5.57. The highest BCUT2D eigenvalue weighted by Gasteiger charge is 2.29. The second kappa shape index (κ2) is 5.76. The maximum absolute atomic E-state index is 6.06. The highest BCUT2D eigenvalue weighted by Crippen LogP contribution is 2.32. The van der Waals surface area contributed by atoms with E-state index in [0.717, 1.165) is 36.6 Å². The summed E-state index contributed by atoms with van der Waals surface area (Å²) in [6, 6.07) is 0.586. The van der Waals surface area contributed by atoms with Crippen LogP contribution in [-0.2, 0) is 6.42 Å². The van der Waals surface area contributed by atoms with Crippen LogP contribution < -0.4 is 10.6 Å². The van der Waals surface area contributed by atoms with Crippen LogP contribution in [0.25, 0.3) is 0 Å². The molecule has 0 aromatic carbocycles. The molecule has 1 aromatic heterocycles. The molecular formula is C15H26N4. The number of nitrogen functional groups attached to an aromatic ring is 1. The Bertz CT molecular complexity index is 442. The quantitative estimate of drug-likeness (QED) is 0.906. The van der Waals surface area contributed by atoms with E-state index in [0.29, 0.717) is 17.8 Å². The predicted octanol–water partition coefficient (Wildman–Crippen LogP) is 2.94. The average molecular weight is 262 g/mol. The Labute approximate surface area is 116 Å². The first kappa shape index (κ1) is 14.1. The van der Waals surface area contributed by atoms with Crippen molar-refractivity contribution in [1.29, 1.82) is 0 Å². The fourth-order valence-electron chi connectivity index (χ4n) is 2.93. The number of aryl methyl sites for hydroxylation is 1. The molecule has 0 bridgehead atoms. The number of aromatic nitrogens is 2. The summed E-state index contributed by atoms with van der Waals surface area (Å²) in [5, 5.41) is 0. The van der Waals surface area contributed by atoms with Crippen LogP contribution in [0.5, 0.6) is 0 Å². The highest BCUT2D eigenvalue weighted by atomic mass is 15.2. The number of nitrogens with two attached hydrogens (primary N) is 1. The van der Waals surface area contributed by atoms with Crippen molar-refractivity contribution in [2.75, 3.05) is 17.2 Å². The second-order valence-electron chi connectivity index (χ2n) is 5.87. The Balaban J connectivity index is 2.37. The minimum Gasteiger partial charge on any atom is -0.383 e. The van der Waals surface area contributed by atoms with E-state index in [1.54, 1.807) is 0 Å². The summed E-state index contributed by atoms with van der Waals surface area (Å²) >= 11 is 0. The van der Waals surface area contributed by atoms with Gasteiger partial charge in [-0.15, -0.1) is 0 Å². The molecule has 1 aliphatic rings. The normalized spacial score (nSPS) is 19.4. The van der Waals surface area contributed by atoms with Crippen LogP contribution in [-0.4, -0.2) is 22.6 Å². The van der Waals surface area contributed by atoms with Gasteiger partial charge in [-0.05, 0) is 32.1 Å². The zero-order valence-corrected chi connectivity index (χ0v) is 12.6. The molecule has 2 rings (SSSR count). The zero-order valence-electron chi connectivity index (χ0n) is 12.6. The third-order valence-electron chi connectivity index (χ3n) is 4.02. The lowest BCUT2D eigenvalue weighted by Crippen LogP contribution is -2.35. The zero-order chi connectivity index (χ0) is 14.0. The van der Waals surface area contributed by atoms with Gasteiger partial charge in [-0.3, -0.25) is 0 Å². The van der Waals surface area contributed by atoms with Crippen LogP contribution in [0.4, 0.5) is 11.6 Å². The number of anilines is 2. The van der Waals surface area contributed by atoms with E-state index >= 15 is 0 Å². The maximum atomic E-state index is 6.06. The average Bonchev–Trinajstić information content (AvgIpc) is 2.83. The molecule has 2 N–H and O–H groups in total. The van der Waals surface area contributed by atoms with E-state index < -0.39 is 0 Å². The van der Waals surface area contributed by atoms with Crippen LogP contribution in [0.1, 0.15) is 51.4 Å². The summed E-state index contributed by atoms with van der Waals surface area (Å²) in [5.41, 5.74) is 7.10. The molecule has 2 heterocycles. The van der Waals surface area contributed by atoms with E-state index in [4.69, 9.17) is 10.7 Å². The monoisotopic (exact) mass is 262 g/mol. The maximum Gasteiger partial charge on any atom is 0.137 e. The number of hydrogen-bond acceptors (Lipinski definition) is 4. The van der Waals surface area contributed by atoms with Crippen molar-refractivity contribution < 1.29 is 0 Å². The lowest BCUT2D eigenvalue weighted by molar-refractivity contribution is 0.488. The van der Waals surface area contributed by atoms with Gasteiger partial charge in [0, 0.05) is 24.6 Å². The van der Waals surface area contributed by atoms with Crippen molar-refractivity contribution in [2.24, 2.45) is 5.92 Å². The molecule has 1 saturated heterocycles. The third kappa shape index (κ3) is 2.82. The number of hydrogen-bond donors (Lipinski definition) is 1. The predicted molar refractivity (Wildman–Crippen MR) is 80.4 cm³/mol. The van der Waals surface area contributed by atoms with Crippen LogP contribution in [0, 0.1) is 12.8 Å². The van der Waals surface area contributed by atoms with Crippen molar-refractivity contribution in [2.45, 2.75) is 59.4 Å². The standard InChI is InChI=1S/C15H26N4/c1-5-7-13-17-14(16)11(4)15(18-13)19-9-6-8-12(19)10(2)3/h10,12H,5-9H2,1-4H3,(H2,16,17,18). The Morgan fingerprint density at radius 3 is 2.74 bits per heavy atom. The molecule has 106 valence electrons. The van der Waals surface area contributed by atoms with Gasteiger partial charge in [-0.2, -0.15) is 0 Å². The van der Waals surface area contributed by atoms with E-state index in [1.165, 1.54) is 12.8 Å². The molecule has 4 heteroatoms. The van der Waals surface area contributed by atoms with Crippen LogP contribution in [0.15, 0.2) is 0 Å². The first-order chi connectivity index (χ1) is 9.04. The van der Waals surface area contributed by atoms with E-state index in [1.807, 2.05) is 6.92 Å². The topological polar surface area (TPSA) is 55.0 Å². The molecule has 4 nitrogen and oxygen atoms in total. The van der Waals surface area contributed by atoms with Crippen LogP contribution >= 0.6 is 0 Å². The van der Waals surface area contributed by atoms with Gasteiger partial charge in [-0.25, -0.2) is 9.97 Å². The molecule has 1 aromatic rings. The third-order valence-corrected chi connectivity index (χ3v) is 4.02. The van der Waals surface area contributed by atoms with Crippen LogP contribution in [0.2, 0.25) is 0 Å². The smallest absolute Gasteiger partial charge is 0.137 e. The van der Waals surface area contributed by atoms with E-state index in [2.05, 4.69) is 30.7 Å². The Kier molecular flexibility index (Phi) is 4.27. The number of nitrogens with zero attached hydrogens (tertiary/aromatic N) is 3. The summed E-state index contributed by atoms with van der Waals surface area (Å²) in [6.45, 7) is 9.85. The molecule has 0 radical (unpaired) electrons. The van der Waals surface area contributed by atoms with Gasteiger partial charge in [0.25, 0.3) is 0 Å². The SMILES string of the molecule is CCCc1nc(N)c(C)c(N2CCCC2C(C)C)n1. The summed E-state index contributed by atoms with van der Waals surface area (Å²) in [4.78, 5) is 11.6. The fourth-order valence-corrected chi connectivity index (χ4v) is 2.93. The van der Waals surface area contributed by atoms with Gasteiger partial charge in [0.2, 0.25) is 0 Å². The van der Waals surface area contributed by atoms with Gasteiger partial charge in [0.15, 0.2) is 0 Å². The van der Waals surface area contributed by atoms with Crippen molar-refractivity contribution >= 4 is 11.6 Å². The summed E-state index contributed by atoms with van der Waals surface area (Å²) < 4.78 is 0. The molecule has 1 unspecified atom stereocenters. The summed E-state index contributed by atoms with van der Waals surface area (Å²) in [7, 11) is 0. The van der Waals surface area contributed by atoms with Crippen molar-refractivity contribution in [3.8, 4) is 0 Å². The molecule has 0 spiro atoms. The Morgan fingerprint density at radius 1 is 1.37 bits per heavy atom. The Morgan fingerprint density at radius 2 is 2.11 bits per heavy atom. The summed E-state index contributed by atoms with van der Waals surface area (Å²) in [5.74, 6) is 3.23. The minimum absolute atomic E-state index is 0.586.